The minimum Gasteiger partial charge on any atom is -0.447 e. The van der Waals surface area contributed by atoms with Crippen molar-refractivity contribution in [2.75, 3.05) is 19.6 Å². The number of primary amides is 1. The van der Waals surface area contributed by atoms with Crippen LogP contribution in [0.4, 0.5) is 0 Å². The second kappa shape index (κ2) is 14.3. The second-order valence-electron chi connectivity index (χ2n) is 11.2. The molecule has 3 aromatic carbocycles. The van der Waals surface area contributed by atoms with E-state index in [1.54, 1.807) is 12.1 Å². The summed E-state index contributed by atoms with van der Waals surface area (Å²) in [5.41, 5.74) is 7.34. The predicted molar refractivity (Wildman–Crippen MR) is 167 cm³/mol. The maximum absolute atomic E-state index is 12.7. The SMILES string of the molecule is CC(=O)OC(C(N)=O)c1ccc2c(c1)c(=O)[nH]c(=O)n2CCCCN1CCC(OC(c2ccccc2)c2ccccc2)CC1. The van der Waals surface area contributed by atoms with Crippen LogP contribution in [0.15, 0.2) is 88.5 Å². The zero-order chi connectivity index (χ0) is 31.1. The van der Waals surface area contributed by atoms with Crippen LogP contribution in [0.25, 0.3) is 10.9 Å². The van der Waals surface area contributed by atoms with Crippen LogP contribution in [0.3, 0.4) is 0 Å². The van der Waals surface area contributed by atoms with Gasteiger partial charge in [-0.3, -0.25) is 23.9 Å². The number of rotatable bonds is 12. The number of hydrogen-bond donors (Lipinski definition) is 2. The highest BCUT2D eigenvalue weighted by Crippen LogP contribution is 2.30. The fourth-order valence-electron chi connectivity index (χ4n) is 5.83. The molecule has 1 aliphatic rings. The highest BCUT2D eigenvalue weighted by atomic mass is 16.5. The summed E-state index contributed by atoms with van der Waals surface area (Å²) in [6.07, 6.45) is 2.25. The molecule has 1 aliphatic heterocycles. The van der Waals surface area contributed by atoms with E-state index in [1.165, 1.54) is 17.6 Å². The van der Waals surface area contributed by atoms with Crippen molar-refractivity contribution in [1.29, 1.82) is 0 Å². The van der Waals surface area contributed by atoms with Crippen LogP contribution >= 0.6 is 0 Å². The summed E-state index contributed by atoms with van der Waals surface area (Å²) in [7, 11) is 0. The van der Waals surface area contributed by atoms with Crippen molar-refractivity contribution < 1.29 is 19.1 Å². The number of hydrogen-bond acceptors (Lipinski definition) is 7. The number of likely N-dealkylation sites (tertiary alicyclic amines) is 1. The number of esters is 1. The number of nitrogens with zero attached hydrogens (tertiary/aromatic N) is 2. The average Bonchev–Trinajstić information content (AvgIpc) is 3.03. The molecular weight excluding hydrogens is 560 g/mol. The number of carbonyl (C=O) groups excluding carboxylic acids is 2. The number of aromatic nitrogens is 2. The third-order valence-electron chi connectivity index (χ3n) is 8.04. The maximum Gasteiger partial charge on any atom is 0.328 e. The summed E-state index contributed by atoms with van der Waals surface area (Å²) >= 11 is 0. The van der Waals surface area contributed by atoms with E-state index in [9.17, 15) is 19.2 Å². The summed E-state index contributed by atoms with van der Waals surface area (Å²) < 4.78 is 13.2. The minimum absolute atomic E-state index is 0.0983. The number of nitrogens with one attached hydrogen (secondary N) is 1. The van der Waals surface area contributed by atoms with Gasteiger partial charge in [-0.15, -0.1) is 0 Å². The number of amides is 1. The Morgan fingerprint density at radius 1 is 0.886 bits per heavy atom. The molecule has 230 valence electrons. The number of nitrogens with two attached hydrogens (primary N) is 1. The van der Waals surface area contributed by atoms with Gasteiger partial charge in [-0.1, -0.05) is 66.7 Å². The minimum atomic E-state index is -1.33. The van der Waals surface area contributed by atoms with Gasteiger partial charge in [0.1, 0.15) is 6.10 Å². The van der Waals surface area contributed by atoms with E-state index < -0.39 is 29.2 Å². The largest absolute Gasteiger partial charge is 0.447 e. The summed E-state index contributed by atoms with van der Waals surface area (Å²) in [6, 6.07) is 25.2. The van der Waals surface area contributed by atoms with E-state index in [2.05, 4.69) is 34.1 Å². The topological polar surface area (TPSA) is 137 Å². The average molecular weight is 599 g/mol. The van der Waals surface area contributed by atoms with E-state index in [1.807, 2.05) is 36.4 Å². The van der Waals surface area contributed by atoms with Crippen molar-refractivity contribution in [3.63, 3.8) is 0 Å². The Hall–Kier alpha value is -4.54. The molecule has 1 aromatic heterocycles. The number of carbonyl (C=O) groups is 2. The van der Waals surface area contributed by atoms with Gasteiger partial charge in [0.05, 0.1) is 17.0 Å². The highest BCUT2D eigenvalue weighted by molar-refractivity contribution is 5.86. The first-order valence-electron chi connectivity index (χ1n) is 15.0. The number of ether oxygens (including phenoxy) is 2. The smallest absolute Gasteiger partial charge is 0.328 e. The Morgan fingerprint density at radius 2 is 1.50 bits per heavy atom. The van der Waals surface area contributed by atoms with Crippen molar-refractivity contribution >= 4 is 22.8 Å². The molecule has 1 amide bonds. The molecule has 0 saturated carbocycles. The number of aromatic amines is 1. The van der Waals surface area contributed by atoms with Gasteiger partial charge in [0.15, 0.2) is 0 Å². The number of piperidine rings is 1. The lowest BCUT2D eigenvalue weighted by molar-refractivity contribution is -0.153. The molecule has 1 fully saturated rings. The predicted octanol–water partition coefficient (Wildman–Crippen LogP) is 3.83. The van der Waals surface area contributed by atoms with Crippen LogP contribution in [0.2, 0.25) is 0 Å². The van der Waals surface area contributed by atoms with Crippen LogP contribution in [0.5, 0.6) is 0 Å². The number of fused-ring (bicyclic) bond motifs is 1. The first-order valence-corrected chi connectivity index (χ1v) is 15.0. The zero-order valence-corrected chi connectivity index (χ0v) is 24.8. The van der Waals surface area contributed by atoms with Crippen molar-refractivity contribution in [3.05, 3.63) is 116 Å². The third-order valence-corrected chi connectivity index (χ3v) is 8.04. The van der Waals surface area contributed by atoms with Crippen LogP contribution in [0, 0.1) is 0 Å². The van der Waals surface area contributed by atoms with Crippen molar-refractivity contribution in [2.24, 2.45) is 5.73 Å². The molecule has 10 heteroatoms. The van der Waals surface area contributed by atoms with Crippen molar-refractivity contribution in [3.8, 4) is 0 Å². The summed E-state index contributed by atoms with van der Waals surface area (Å²) in [5, 5.41) is 0.215. The molecule has 1 saturated heterocycles. The molecular formula is C34H38N4O6. The molecule has 0 spiro atoms. The monoisotopic (exact) mass is 598 g/mol. The molecule has 0 bridgehead atoms. The van der Waals surface area contributed by atoms with E-state index in [4.69, 9.17) is 15.2 Å². The molecule has 0 aliphatic carbocycles. The maximum atomic E-state index is 12.7. The molecule has 1 unspecified atom stereocenters. The van der Waals surface area contributed by atoms with Gasteiger partial charge >= 0.3 is 11.7 Å². The fraction of sp³-hybridized carbons (Fsp3) is 0.353. The van der Waals surface area contributed by atoms with E-state index in [0.717, 1.165) is 56.4 Å². The molecule has 2 heterocycles. The first kappa shape index (κ1) is 30.9. The van der Waals surface area contributed by atoms with Crippen LogP contribution in [-0.2, 0) is 25.6 Å². The lowest BCUT2D eigenvalue weighted by Gasteiger charge is -2.34. The lowest BCUT2D eigenvalue weighted by atomic mass is 10.00. The van der Waals surface area contributed by atoms with E-state index in [0.29, 0.717) is 12.1 Å². The lowest BCUT2D eigenvalue weighted by Crippen LogP contribution is -2.38. The van der Waals surface area contributed by atoms with Gasteiger partial charge in [0.2, 0.25) is 6.10 Å². The molecule has 0 radical (unpaired) electrons. The van der Waals surface area contributed by atoms with E-state index in [-0.39, 0.29) is 23.2 Å². The highest BCUT2D eigenvalue weighted by Gasteiger charge is 2.25. The molecule has 4 aromatic rings. The van der Waals surface area contributed by atoms with Crippen LogP contribution in [0.1, 0.15) is 61.5 Å². The van der Waals surface area contributed by atoms with Gasteiger partial charge in [0, 0.05) is 32.1 Å². The van der Waals surface area contributed by atoms with Crippen molar-refractivity contribution in [1.82, 2.24) is 14.5 Å². The summed E-state index contributed by atoms with van der Waals surface area (Å²) in [6.45, 7) is 4.37. The number of benzene rings is 3. The second-order valence-corrected chi connectivity index (χ2v) is 11.2. The third kappa shape index (κ3) is 7.50. The molecule has 3 N–H and O–H groups in total. The fourth-order valence-corrected chi connectivity index (χ4v) is 5.83. The Morgan fingerprint density at radius 3 is 2.09 bits per heavy atom. The molecule has 10 nitrogen and oxygen atoms in total. The zero-order valence-electron chi connectivity index (χ0n) is 24.8. The van der Waals surface area contributed by atoms with Crippen molar-refractivity contribution in [2.45, 2.75) is 57.5 Å². The van der Waals surface area contributed by atoms with E-state index >= 15 is 0 Å². The van der Waals surface area contributed by atoms with Gasteiger partial charge in [-0.05, 0) is 55.5 Å². The molecule has 1 atom stereocenters. The first-order chi connectivity index (χ1) is 21.3. The van der Waals surface area contributed by atoms with Gasteiger partial charge in [-0.25, -0.2) is 4.79 Å². The Balaban J connectivity index is 1.16. The standard InChI is InChI=1S/C34H38N4O6/c1-23(39)43-31(32(35)40)26-14-15-29-28(22-26)33(41)36-34(42)38(29)19-9-8-18-37-20-16-27(17-21-37)44-30(24-10-4-2-5-11-24)25-12-6-3-7-13-25/h2-7,10-15,22,27,30-31H,8-9,16-21H2,1H3,(H2,35,40)(H,36,41,42). The normalized spacial score (nSPS) is 15.0. The Bertz CT molecular complexity index is 1650. The van der Waals surface area contributed by atoms with Crippen LogP contribution in [-0.4, -0.2) is 52.1 Å². The summed E-state index contributed by atoms with van der Waals surface area (Å²) in [4.78, 5) is 53.4. The molecule has 44 heavy (non-hydrogen) atoms. The quantitative estimate of drug-likeness (QED) is 0.187. The van der Waals surface area contributed by atoms with Gasteiger partial charge in [-0.2, -0.15) is 0 Å². The van der Waals surface area contributed by atoms with Gasteiger partial charge < -0.3 is 20.1 Å². The number of aryl methyl sites for hydroxylation is 1. The Kier molecular flexibility index (Phi) is 10.0. The van der Waals surface area contributed by atoms with Gasteiger partial charge in [0.25, 0.3) is 11.5 Å². The molecule has 5 rings (SSSR count). The van der Waals surface area contributed by atoms with Crippen LogP contribution < -0.4 is 17.0 Å². The summed E-state index contributed by atoms with van der Waals surface area (Å²) in [5.74, 6) is -1.53. The number of H-pyrrole nitrogens is 1. The number of unbranched alkanes of at least 4 members (excludes halogenated alkanes) is 1. The Labute approximate surface area is 255 Å².